The summed E-state index contributed by atoms with van der Waals surface area (Å²) in [6.07, 6.45) is 0. The Morgan fingerprint density at radius 1 is 1.15 bits per heavy atom. The molecule has 0 aliphatic rings. The standard InChI is InChI=1S/C20H15BrFN3O/c1-11-18(12-3-6-14(26-2)7-4-12)19(16(10-23)20(24)25-11)15-9-13(21)5-8-17(15)22/h3-9H,1-2H3,(H2,24,25). The van der Waals surface area contributed by atoms with Gasteiger partial charge in [0.05, 0.1) is 7.11 Å². The van der Waals surface area contributed by atoms with Gasteiger partial charge in [0.15, 0.2) is 0 Å². The Labute approximate surface area is 159 Å². The van der Waals surface area contributed by atoms with Crippen LogP contribution in [0, 0.1) is 24.1 Å². The smallest absolute Gasteiger partial charge is 0.142 e. The van der Waals surface area contributed by atoms with E-state index in [1.165, 1.54) is 6.07 Å². The number of nitrogens with two attached hydrogens (primary N) is 1. The summed E-state index contributed by atoms with van der Waals surface area (Å²) >= 11 is 3.36. The topological polar surface area (TPSA) is 71.9 Å². The highest BCUT2D eigenvalue weighted by Crippen LogP contribution is 2.40. The lowest BCUT2D eigenvalue weighted by atomic mass is 9.90. The highest BCUT2D eigenvalue weighted by atomic mass is 79.9. The molecular weight excluding hydrogens is 397 g/mol. The largest absolute Gasteiger partial charge is 0.497 e. The van der Waals surface area contributed by atoms with Gasteiger partial charge in [0, 0.05) is 26.9 Å². The minimum absolute atomic E-state index is 0.0802. The number of nitrogen functional groups attached to an aromatic ring is 1. The number of rotatable bonds is 3. The average molecular weight is 412 g/mol. The number of halogens is 2. The summed E-state index contributed by atoms with van der Waals surface area (Å²) in [5.41, 5.74) is 8.90. The Morgan fingerprint density at radius 3 is 2.46 bits per heavy atom. The first-order valence-corrected chi connectivity index (χ1v) is 8.55. The predicted octanol–water partition coefficient (Wildman–Crippen LogP) is 5.09. The van der Waals surface area contributed by atoms with Crippen molar-refractivity contribution in [2.45, 2.75) is 6.92 Å². The van der Waals surface area contributed by atoms with Crippen LogP contribution in [0.3, 0.4) is 0 Å². The van der Waals surface area contributed by atoms with E-state index >= 15 is 0 Å². The van der Waals surface area contributed by atoms with Gasteiger partial charge in [-0.05, 0) is 42.8 Å². The van der Waals surface area contributed by atoms with Crippen LogP contribution in [0.2, 0.25) is 0 Å². The first-order valence-electron chi connectivity index (χ1n) is 7.76. The number of benzene rings is 2. The molecule has 0 amide bonds. The third kappa shape index (κ3) is 3.14. The van der Waals surface area contributed by atoms with Crippen LogP contribution in [-0.2, 0) is 0 Å². The molecule has 2 aromatic carbocycles. The maximum atomic E-state index is 14.6. The van der Waals surface area contributed by atoms with Gasteiger partial charge in [-0.15, -0.1) is 0 Å². The normalized spacial score (nSPS) is 10.4. The lowest BCUT2D eigenvalue weighted by Crippen LogP contribution is -2.04. The van der Waals surface area contributed by atoms with Crippen molar-refractivity contribution in [1.82, 2.24) is 4.98 Å². The van der Waals surface area contributed by atoms with E-state index in [0.29, 0.717) is 32.6 Å². The minimum atomic E-state index is -0.440. The number of pyridine rings is 1. The van der Waals surface area contributed by atoms with Crippen LogP contribution in [0.5, 0.6) is 5.75 Å². The molecule has 0 aliphatic carbocycles. The SMILES string of the molecule is COc1ccc(-c2c(C)nc(N)c(C#N)c2-c2cc(Br)ccc2F)cc1. The van der Waals surface area contributed by atoms with Crippen LogP contribution in [0.1, 0.15) is 11.3 Å². The quantitative estimate of drug-likeness (QED) is 0.651. The highest BCUT2D eigenvalue weighted by molar-refractivity contribution is 9.10. The van der Waals surface area contributed by atoms with Gasteiger partial charge < -0.3 is 10.5 Å². The van der Waals surface area contributed by atoms with Gasteiger partial charge in [0.2, 0.25) is 0 Å². The van der Waals surface area contributed by atoms with Crippen molar-refractivity contribution in [2.75, 3.05) is 12.8 Å². The van der Waals surface area contributed by atoms with Crippen molar-refractivity contribution in [3.05, 3.63) is 64.0 Å². The second-order valence-corrected chi connectivity index (χ2v) is 6.59. The summed E-state index contributed by atoms with van der Waals surface area (Å²) in [5.74, 6) is 0.339. The van der Waals surface area contributed by atoms with Crippen molar-refractivity contribution < 1.29 is 9.13 Å². The minimum Gasteiger partial charge on any atom is -0.497 e. The number of hydrogen-bond acceptors (Lipinski definition) is 4. The third-order valence-corrected chi connectivity index (χ3v) is 4.59. The van der Waals surface area contributed by atoms with Gasteiger partial charge in [-0.25, -0.2) is 9.37 Å². The number of nitriles is 1. The zero-order valence-electron chi connectivity index (χ0n) is 14.2. The van der Waals surface area contributed by atoms with E-state index in [1.54, 1.807) is 38.3 Å². The molecule has 0 bridgehead atoms. The maximum absolute atomic E-state index is 14.6. The Hall–Kier alpha value is -2.91. The van der Waals surface area contributed by atoms with Crippen molar-refractivity contribution in [3.8, 4) is 34.1 Å². The summed E-state index contributed by atoms with van der Waals surface area (Å²) in [7, 11) is 1.58. The van der Waals surface area contributed by atoms with E-state index in [-0.39, 0.29) is 11.4 Å². The number of aryl methyl sites for hydroxylation is 1. The maximum Gasteiger partial charge on any atom is 0.142 e. The van der Waals surface area contributed by atoms with Crippen LogP contribution in [0.15, 0.2) is 46.9 Å². The molecule has 0 radical (unpaired) electrons. The fourth-order valence-electron chi connectivity index (χ4n) is 2.91. The first-order chi connectivity index (χ1) is 12.5. The molecule has 6 heteroatoms. The summed E-state index contributed by atoms with van der Waals surface area (Å²) < 4.78 is 20.5. The van der Waals surface area contributed by atoms with Crippen molar-refractivity contribution in [1.29, 1.82) is 5.26 Å². The molecule has 3 aromatic rings. The number of anilines is 1. The molecule has 0 spiro atoms. The van der Waals surface area contributed by atoms with Gasteiger partial charge in [-0.1, -0.05) is 28.1 Å². The molecule has 3 rings (SSSR count). The molecule has 0 unspecified atom stereocenters. The number of methoxy groups -OCH3 is 1. The number of ether oxygens (including phenoxy) is 1. The third-order valence-electron chi connectivity index (χ3n) is 4.09. The Kier molecular flexibility index (Phi) is 4.92. The number of aromatic nitrogens is 1. The van der Waals surface area contributed by atoms with E-state index in [2.05, 4.69) is 27.0 Å². The Bertz CT molecular complexity index is 1030. The predicted molar refractivity (Wildman–Crippen MR) is 103 cm³/mol. The van der Waals surface area contributed by atoms with Crippen molar-refractivity contribution >= 4 is 21.7 Å². The van der Waals surface area contributed by atoms with Crippen LogP contribution >= 0.6 is 15.9 Å². The summed E-state index contributed by atoms with van der Waals surface area (Å²) in [5, 5.41) is 9.64. The molecule has 1 heterocycles. The van der Waals surface area contributed by atoms with Crippen LogP contribution < -0.4 is 10.5 Å². The van der Waals surface area contributed by atoms with Gasteiger partial charge in [-0.3, -0.25) is 0 Å². The second kappa shape index (κ2) is 7.14. The molecular formula is C20H15BrFN3O. The summed E-state index contributed by atoms with van der Waals surface area (Å²) in [6.45, 7) is 1.79. The molecule has 0 saturated heterocycles. The van der Waals surface area contributed by atoms with E-state index in [4.69, 9.17) is 10.5 Å². The van der Waals surface area contributed by atoms with Gasteiger partial charge in [0.25, 0.3) is 0 Å². The van der Waals surface area contributed by atoms with Gasteiger partial charge in [0.1, 0.15) is 29.0 Å². The van der Waals surface area contributed by atoms with Gasteiger partial charge in [-0.2, -0.15) is 5.26 Å². The van der Waals surface area contributed by atoms with E-state index in [0.717, 1.165) is 5.56 Å². The number of hydrogen-bond donors (Lipinski definition) is 1. The van der Waals surface area contributed by atoms with E-state index in [9.17, 15) is 9.65 Å². The van der Waals surface area contributed by atoms with Crippen LogP contribution in [-0.4, -0.2) is 12.1 Å². The Morgan fingerprint density at radius 2 is 1.85 bits per heavy atom. The zero-order chi connectivity index (χ0) is 18.8. The van der Waals surface area contributed by atoms with Gasteiger partial charge >= 0.3 is 0 Å². The number of nitrogens with zero attached hydrogens (tertiary/aromatic N) is 2. The first kappa shape index (κ1) is 17.9. The average Bonchev–Trinajstić information content (AvgIpc) is 2.63. The molecule has 0 saturated carbocycles. The van der Waals surface area contributed by atoms with Crippen LogP contribution in [0.4, 0.5) is 10.2 Å². The zero-order valence-corrected chi connectivity index (χ0v) is 15.8. The molecule has 2 N–H and O–H groups in total. The summed E-state index contributed by atoms with van der Waals surface area (Å²) in [4.78, 5) is 4.29. The molecule has 4 nitrogen and oxygen atoms in total. The molecule has 0 fully saturated rings. The van der Waals surface area contributed by atoms with E-state index in [1.807, 2.05) is 12.1 Å². The van der Waals surface area contributed by atoms with Crippen molar-refractivity contribution in [2.24, 2.45) is 0 Å². The summed E-state index contributed by atoms with van der Waals surface area (Å²) in [6, 6.07) is 14.0. The molecule has 0 aliphatic heterocycles. The molecule has 130 valence electrons. The van der Waals surface area contributed by atoms with Crippen molar-refractivity contribution in [3.63, 3.8) is 0 Å². The highest BCUT2D eigenvalue weighted by Gasteiger charge is 2.22. The molecule has 0 atom stereocenters. The molecule has 1 aromatic heterocycles. The van der Waals surface area contributed by atoms with E-state index < -0.39 is 5.82 Å². The fraction of sp³-hybridized carbons (Fsp3) is 0.100. The fourth-order valence-corrected chi connectivity index (χ4v) is 3.27. The molecule has 26 heavy (non-hydrogen) atoms. The van der Waals surface area contributed by atoms with Crippen LogP contribution in [0.25, 0.3) is 22.3 Å². The Balaban J connectivity index is 2.40. The lowest BCUT2D eigenvalue weighted by molar-refractivity contribution is 0.415. The lowest BCUT2D eigenvalue weighted by Gasteiger charge is -2.17. The monoisotopic (exact) mass is 411 g/mol. The second-order valence-electron chi connectivity index (χ2n) is 5.67.